The topological polar surface area (TPSA) is 88.4 Å². The zero-order valence-electron chi connectivity index (χ0n) is 24.9. The van der Waals surface area contributed by atoms with Crippen molar-refractivity contribution < 1.29 is 24.1 Å². The van der Waals surface area contributed by atoms with Crippen molar-refractivity contribution in [2.24, 2.45) is 5.92 Å². The van der Waals surface area contributed by atoms with Crippen LogP contribution < -0.4 is 10.1 Å². The van der Waals surface area contributed by atoms with Crippen LogP contribution in [0.5, 0.6) is 5.75 Å². The molecule has 224 valence electrons. The lowest BCUT2D eigenvalue weighted by Gasteiger charge is -2.44. The Morgan fingerprint density at radius 3 is 2.86 bits per heavy atom. The molecule has 3 atom stereocenters. The largest absolute Gasteiger partial charge is 0.497 e. The average molecular weight is 583 g/mol. The molecule has 9 nitrogen and oxygen atoms in total. The first-order valence-corrected chi connectivity index (χ1v) is 15.0. The molecular weight excluding hydrogens is 544 g/mol. The van der Waals surface area contributed by atoms with E-state index in [2.05, 4.69) is 70.1 Å². The fourth-order valence-corrected chi connectivity index (χ4v) is 6.99. The van der Waals surface area contributed by atoms with Crippen LogP contribution in [-0.2, 0) is 16.0 Å². The number of carboxylic acid groups (broad SMARTS) is 1. The number of rotatable bonds is 7. The number of methoxy groups -OCH3 is 1. The number of allylic oxidation sites excluding steroid dienone is 3. The van der Waals surface area contributed by atoms with Gasteiger partial charge in [-0.25, -0.2) is 4.79 Å². The molecule has 3 unspecified atom stereocenters. The highest BCUT2D eigenvalue weighted by Crippen LogP contribution is 2.49. The maximum absolute atomic E-state index is 11.9. The number of nitrogens with zero attached hydrogens (tertiary/aromatic N) is 3. The quantitative estimate of drug-likeness (QED) is 0.484. The highest BCUT2D eigenvalue weighted by Gasteiger charge is 2.49. The van der Waals surface area contributed by atoms with Crippen LogP contribution in [0.1, 0.15) is 17.7 Å². The molecule has 6 aliphatic rings. The minimum Gasteiger partial charge on any atom is -0.497 e. The smallest absolute Gasteiger partial charge is 0.409 e. The Morgan fingerprint density at radius 2 is 2.07 bits per heavy atom. The van der Waals surface area contributed by atoms with E-state index in [1.54, 1.807) is 13.4 Å². The number of hydrogen-bond acceptors (Lipinski definition) is 6. The number of fused-ring (bicyclic) bond motifs is 3. The van der Waals surface area contributed by atoms with Gasteiger partial charge in [0, 0.05) is 79.5 Å². The second-order valence-corrected chi connectivity index (χ2v) is 12.0. The monoisotopic (exact) mass is 582 g/mol. The SMILES string of the molecule is COc1ccc2c(c1)c(/C=C1\C(NC(=O)O)=CC=CC1C1OC34C=COC3=CC1=CC4)c(C)n2CCN1CCN(C)CC1. The summed E-state index contributed by atoms with van der Waals surface area (Å²) in [6.07, 6.45) is 15.3. The minimum absolute atomic E-state index is 0.212. The summed E-state index contributed by atoms with van der Waals surface area (Å²) in [5, 5.41) is 13.5. The molecule has 2 bridgehead atoms. The Balaban J connectivity index is 1.30. The van der Waals surface area contributed by atoms with Gasteiger partial charge in [0.2, 0.25) is 0 Å². The zero-order valence-corrected chi connectivity index (χ0v) is 24.9. The van der Waals surface area contributed by atoms with Crippen LogP contribution in [0.2, 0.25) is 0 Å². The summed E-state index contributed by atoms with van der Waals surface area (Å²) < 4.78 is 20.5. The lowest BCUT2D eigenvalue weighted by atomic mass is 9.76. The van der Waals surface area contributed by atoms with E-state index >= 15 is 0 Å². The predicted octanol–water partition coefficient (Wildman–Crippen LogP) is 4.82. The number of carbonyl (C=O) groups is 1. The third kappa shape index (κ3) is 4.91. The Hall–Kier alpha value is -4.05. The van der Waals surface area contributed by atoms with Crippen molar-refractivity contribution >= 4 is 23.1 Å². The summed E-state index contributed by atoms with van der Waals surface area (Å²) >= 11 is 0. The third-order valence-corrected chi connectivity index (χ3v) is 9.49. The maximum Gasteiger partial charge on any atom is 0.409 e. The molecule has 2 aromatic rings. The van der Waals surface area contributed by atoms with Gasteiger partial charge in [-0.05, 0) is 67.6 Å². The molecule has 2 N–H and O–H groups in total. The van der Waals surface area contributed by atoms with Gasteiger partial charge in [-0.3, -0.25) is 10.2 Å². The number of amides is 1. The van der Waals surface area contributed by atoms with Crippen molar-refractivity contribution in [2.75, 3.05) is 46.9 Å². The van der Waals surface area contributed by atoms with E-state index in [0.717, 1.165) is 90.5 Å². The van der Waals surface area contributed by atoms with Crippen molar-refractivity contribution in [1.29, 1.82) is 0 Å². The van der Waals surface area contributed by atoms with Gasteiger partial charge < -0.3 is 28.8 Å². The molecule has 1 spiro atoms. The number of likely N-dealkylation sites (N-methyl/N-ethyl adjacent to an activating group) is 1. The van der Waals surface area contributed by atoms with Gasteiger partial charge in [-0.2, -0.15) is 0 Å². The lowest BCUT2D eigenvalue weighted by Crippen LogP contribution is -2.46. The van der Waals surface area contributed by atoms with Gasteiger partial charge in [0.1, 0.15) is 11.5 Å². The molecule has 43 heavy (non-hydrogen) atoms. The van der Waals surface area contributed by atoms with Crippen molar-refractivity contribution in [3.05, 3.63) is 94.8 Å². The number of ether oxygens (including phenoxy) is 3. The molecule has 1 amide bonds. The summed E-state index contributed by atoms with van der Waals surface area (Å²) in [5.74, 6) is 1.39. The number of nitrogens with one attached hydrogen (secondary N) is 1. The normalized spacial score (nSPS) is 27.6. The van der Waals surface area contributed by atoms with Crippen molar-refractivity contribution in [3.8, 4) is 5.75 Å². The molecule has 1 fully saturated rings. The van der Waals surface area contributed by atoms with Gasteiger partial charge in [0.05, 0.1) is 19.5 Å². The molecule has 0 radical (unpaired) electrons. The molecule has 1 saturated heterocycles. The van der Waals surface area contributed by atoms with Crippen molar-refractivity contribution in [1.82, 2.24) is 19.7 Å². The first-order chi connectivity index (χ1) is 20.8. The van der Waals surface area contributed by atoms with Crippen LogP contribution in [0.25, 0.3) is 17.0 Å². The molecule has 1 aromatic carbocycles. The van der Waals surface area contributed by atoms with Gasteiger partial charge in [-0.15, -0.1) is 0 Å². The van der Waals surface area contributed by atoms with Gasteiger partial charge in [0.25, 0.3) is 0 Å². The second-order valence-electron chi connectivity index (χ2n) is 12.0. The highest BCUT2D eigenvalue weighted by atomic mass is 16.6. The second kappa shape index (κ2) is 10.9. The predicted molar refractivity (Wildman–Crippen MR) is 166 cm³/mol. The molecule has 5 heterocycles. The van der Waals surface area contributed by atoms with Crippen molar-refractivity contribution in [2.45, 2.75) is 31.6 Å². The average Bonchev–Trinajstić information content (AvgIpc) is 3.55. The summed E-state index contributed by atoms with van der Waals surface area (Å²) in [6, 6.07) is 6.22. The van der Waals surface area contributed by atoms with E-state index in [1.165, 1.54) is 0 Å². The summed E-state index contributed by atoms with van der Waals surface area (Å²) in [6.45, 7) is 8.28. The van der Waals surface area contributed by atoms with Crippen LogP contribution in [-0.4, -0.2) is 84.2 Å². The molecule has 9 heteroatoms. The molecule has 1 aromatic heterocycles. The fraction of sp³-hybridized carbons (Fsp3) is 0.382. The van der Waals surface area contributed by atoms with Crippen LogP contribution in [0.15, 0.2) is 83.5 Å². The van der Waals surface area contributed by atoms with E-state index < -0.39 is 11.7 Å². The molecule has 0 saturated carbocycles. The Morgan fingerprint density at radius 1 is 1.23 bits per heavy atom. The standard InChI is InChI=1S/C34H38N4O5/c1-22-26(28-20-24(41-3)7-8-30(28)38(22)17-16-37-14-12-36(2)13-15-37)21-27-25(5-4-6-29(27)35-33(39)40)32-23-9-10-34(43-32)11-18-42-31(34)19-23/h4-9,11,18-21,25,32,35H,10,12-17H2,1-3H3,(H,39,40)/b27-21-. The number of hydrogen-bond donors (Lipinski definition) is 2. The Labute approximate surface area is 251 Å². The van der Waals surface area contributed by atoms with E-state index in [0.29, 0.717) is 5.70 Å². The van der Waals surface area contributed by atoms with Gasteiger partial charge in [-0.1, -0.05) is 18.2 Å². The zero-order chi connectivity index (χ0) is 29.7. The molecule has 8 rings (SSSR count). The summed E-state index contributed by atoms with van der Waals surface area (Å²) in [4.78, 5) is 16.8. The number of aromatic nitrogens is 1. The van der Waals surface area contributed by atoms with Crippen LogP contribution in [0.3, 0.4) is 0 Å². The molecular formula is C34H38N4O5. The Kier molecular flexibility index (Phi) is 7.04. The van der Waals surface area contributed by atoms with Crippen LogP contribution in [0, 0.1) is 12.8 Å². The minimum atomic E-state index is -1.10. The van der Waals surface area contributed by atoms with Crippen LogP contribution in [0.4, 0.5) is 4.79 Å². The van der Waals surface area contributed by atoms with E-state index in [-0.39, 0.29) is 12.0 Å². The van der Waals surface area contributed by atoms with Crippen molar-refractivity contribution in [3.63, 3.8) is 0 Å². The maximum atomic E-state index is 11.9. The van der Waals surface area contributed by atoms with Crippen LogP contribution >= 0.6 is 0 Å². The first-order valence-electron chi connectivity index (χ1n) is 15.0. The first kappa shape index (κ1) is 27.8. The summed E-state index contributed by atoms with van der Waals surface area (Å²) in [5.41, 5.74) is 5.17. The summed E-state index contributed by atoms with van der Waals surface area (Å²) in [7, 11) is 3.86. The molecule has 4 aliphatic heterocycles. The van der Waals surface area contributed by atoms with Gasteiger partial charge in [0.15, 0.2) is 5.60 Å². The Bertz CT molecular complexity index is 1650. The van der Waals surface area contributed by atoms with E-state index in [4.69, 9.17) is 14.2 Å². The number of piperazine rings is 1. The lowest BCUT2D eigenvalue weighted by molar-refractivity contribution is -0.0620. The third-order valence-electron chi connectivity index (χ3n) is 9.49. The van der Waals surface area contributed by atoms with E-state index in [1.807, 2.05) is 24.3 Å². The number of benzene rings is 1. The molecule has 2 aliphatic carbocycles. The fourth-order valence-electron chi connectivity index (χ4n) is 6.99. The highest BCUT2D eigenvalue weighted by molar-refractivity contribution is 5.93. The van der Waals surface area contributed by atoms with Gasteiger partial charge >= 0.3 is 6.09 Å². The van der Waals surface area contributed by atoms with E-state index in [9.17, 15) is 9.90 Å².